The molecule has 0 bridgehead atoms. The molecule has 0 radical (unpaired) electrons. The molecule has 15 heavy (non-hydrogen) atoms. The molecule has 0 amide bonds. The predicted molar refractivity (Wildman–Crippen MR) is 66.1 cm³/mol. The van der Waals surface area contributed by atoms with Crippen molar-refractivity contribution in [2.75, 3.05) is 13.2 Å². The Morgan fingerprint density at radius 3 is 2.07 bits per heavy atom. The summed E-state index contributed by atoms with van der Waals surface area (Å²) in [5.74, 6) is -1.82. The Hall–Kier alpha value is 0.0895. The van der Waals surface area contributed by atoms with E-state index in [0.717, 1.165) is 6.16 Å². The number of hydrogen-bond donors (Lipinski definition) is 0. The molecule has 1 rings (SSSR count). The Bertz CT molecular complexity index is 317. The van der Waals surface area contributed by atoms with Crippen LogP contribution in [-0.4, -0.2) is 28.3 Å². The summed E-state index contributed by atoms with van der Waals surface area (Å²) < 4.78 is 11.4. The van der Waals surface area contributed by atoms with Gasteiger partial charge in [-0.15, -0.1) is 0 Å². The van der Waals surface area contributed by atoms with E-state index in [1.807, 2.05) is 32.0 Å². The molecule has 0 spiro atoms. The Morgan fingerprint density at radius 1 is 1.07 bits per heavy atom. The molecule has 0 saturated heterocycles. The van der Waals surface area contributed by atoms with E-state index >= 15 is 0 Å². The van der Waals surface area contributed by atoms with Crippen LogP contribution in [0, 0.1) is 0 Å². The second-order valence-corrected chi connectivity index (χ2v) is 8.65. The van der Waals surface area contributed by atoms with E-state index in [0.29, 0.717) is 13.2 Å². The predicted octanol–water partition coefficient (Wildman–Crippen LogP) is 3.19. The van der Waals surface area contributed by atoms with Crippen molar-refractivity contribution >= 4 is 21.1 Å². The van der Waals surface area contributed by atoms with Gasteiger partial charge < -0.3 is 0 Å². The summed E-state index contributed by atoms with van der Waals surface area (Å²) in [4.78, 5) is 0. The summed E-state index contributed by atoms with van der Waals surface area (Å²) in [5, 5.41) is 0. The van der Waals surface area contributed by atoms with Gasteiger partial charge in [0.1, 0.15) is 0 Å². The fraction of sp³-hybridized carbons (Fsp3) is 0.455. The van der Waals surface area contributed by atoms with E-state index in [1.54, 1.807) is 0 Å². The molecule has 0 aliphatic heterocycles. The molecule has 84 valence electrons. The normalized spacial score (nSPS) is 11.6. The summed E-state index contributed by atoms with van der Waals surface area (Å²) in [6, 6.07) is 10.3. The van der Waals surface area contributed by atoms with Gasteiger partial charge in [0.05, 0.1) is 0 Å². The van der Waals surface area contributed by atoms with E-state index in [4.69, 9.17) is 9.05 Å². The van der Waals surface area contributed by atoms with Gasteiger partial charge in [0.2, 0.25) is 0 Å². The van der Waals surface area contributed by atoms with Gasteiger partial charge in [0, 0.05) is 0 Å². The molecule has 0 N–H and O–H groups in total. The Balaban J connectivity index is 2.71. The Kier molecular flexibility index (Phi) is 5.81. The van der Waals surface area contributed by atoms with Crippen molar-refractivity contribution in [1.29, 1.82) is 0 Å². The molecule has 0 aromatic heterocycles. The average Bonchev–Trinajstić information content (AvgIpc) is 2.19. The van der Waals surface area contributed by atoms with Gasteiger partial charge in [0.15, 0.2) is 0 Å². The van der Waals surface area contributed by atoms with Crippen molar-refractivity contribution in [3.8, 4) is 0 Å². The van der Waals surface area contributed by atoms with Gasteiger partial charge in [-0.2, -0.15) is 0 Å². The zero-order valence-corrected chi connectivity index (χ0v) is 11.8. The topological polar surface area (TPSA) is 18.5 Å². The SMILES string of the molecule is CCOP(=[Se])(Cc1ccccc1)OCC. The second-order valence-electron chi connectivity index (χ2n) is 3.09. The summed E-state index contributed by atoms with van der Waals surface area (Å²) in [5.41, 5.74) is 1.26. The van der Waals surface area contributed by atoms with Gasteiger partial charge >= 0.3 is 99.2 Å². The molecule has 2 nitrogen and oxygen atoms in total. The number of rotatable bonds is 6. The van der Waals surface area contributed by atoms with Crippen LogP contribution in [0.25, 0.3) is 0 Å². The zero-order chi connectivity index (χ0) is 11.1. The fourth-order valence-electron chi connectivity index (χ4n) is 1.33. The molecule has 0 fully saturated rings. The van der Waals surface area contributed by atoms with Crippen LogP contribution in [0.5, 0.6) is 0 Å². The number of benzene rings is 1. The van der Waals surface area contributed by atoms with E-state index in [9.17, 15) is 0 Å². The van der Waals surface area contributed by atoms with Gasteiger partial charge in [-0.25, -0.2) is 0 Å². The molecule has 0 aliphatic carbocycles. The van der Waals surface area contributed by atoms with Crippen molar-refractivity contribution in [2.24, 2.45) is 0 Å². The first-order chi connectivity index (χ1) is 7.20. The van der Waals surface area contributed by atoms with Crippen molar-refractivity contribution < 1.29 is 9.05 Å². The van der Waals surface area contributed by atoms with E-state index in [1.165, 1.54) is 5.56 Å². The first-order valence-corrected chi connectivity index (χ1v) is 9.15. The van der Waals surface area contributed by atoms with Gasteiger partial charge in [-0.05, 0) is 0 Å². The molecule has 0 heterocycles. The molecular formula is C11H17O2PSe. The van der Waals surface area contributed by atoms with Crippen LogP contribution in [0.2, 0.25) is 0 Å². The molecule has 1 aromatic rings. The third-order valence-electron chi connectivity index (χ3n) is 1.87. The molecule has 0 unspecified atom stereocenters. The second kappa shape index (κ2) is 6.62. The molecule has 0 aliphatic rings. The fourth-order valence-corrected chi connectivity index (χ4v) is 5.30. The molecule has 0 atom stereocenters. The van der Waals surface area contributed by atoms with Crippen molar-refractivity contribution in [1.82, 2.24) is 0 Å². The van der Waals surface area contributed by atoms with E-state index in [2.05, 4.69) is 27.2 Å². The Morgan fingerprint density at radius 2 is 1.60 bits per heavy atom. The molecule has 1 aromatic carbocycles. The maximum atomic E-state index is 5.71. The van der Waals surface area contributed by atoms with Crippen molar-refractivity contribution in [3.05, 3.63) is 35.9 Å². The van der Waals surface area contributed by atoms with Crippen LogP contribution in [0.4, 0.5) is 0 Å². The van der Waals surface area contributed by atoms with Crippen LogP contribution in [0.3, 0.4) is 0 Å². The van der Waals surface area contributed by atoms with Gasteiger partial charge in [0.25, 0.3) is 0 Å². The van der Waals surface area contributed by atoms with Crippen molar-refractivity contribution in [3.63, 3.8) is 0 Å². The summed E-state index contributed by atoms with van der Waals surface area (Å²) in [7, 11) is 0. The standard InChI is InChI=1S/C11H17O2PSe/c1-3-12-14(15,13-4-2)10-11-8-6-5-7-9-11/h5-9H,3-4,10H2,1-2H3. The molecule has 4 heteroatoms. The minimum atomic E-state index is -1.82. The zero-order valence-electron chi connectivity index (χ0n) is 9.18. The Labute approximate surface area is 99.4 Å². The maximum absolute atomic E-state index is 5.71. The molecule has 0 saturated carbocycles. The number of hydrogen-bond acceptors (Lipinski definition) is 2. The van der Waals surface area contributed by atoms with E-state index in [-0.39, 0.29) is 0 Å². The first-order valence-electron chi connectivity index (χ1n) is 5.12. The van der Waals surface area contributed by atoms with Crippen LogP contribution in [0.1, 0.15) is 19.4 Å². The molecular weight excluding hydrogens is 274 g/mol. The van der Waals surface area contributed by atoms with E-state index < -0.39 is 5.96 Å². The van der Waals surface area contributed by atoms with Crippen LogP contribution >= 0.6 is 5.96 Å². The van der Waals surface area contributed by atoms with Crippen LogP contribution < -0.4 is 0 Å². The summed E-state index contributed by atoms with van der Waals surface area (Å²) >= 11 is 3.11. The quantitative estimate of drug-likeness (QED) is 0.592. The van der Waals surface area contributed by atoms with Crippen LogP contribution in [-0.2, 0) is 15.2 Å². The monoisotopic (exact) mass is 292 g/mol. The third kappa shape index (κ3) is 4.63. The van der Waals surface area contributed by atoms with Crippen molar-refractivity contribution in [2.45, 2.75) is 20.0 Å². The minimum absolute atomic E-state index is 0.688. The van der Waals surface area contributed by atoms with Gasteiger partial charge in [-0.1, -0.05) is 0 Å². The summed E-state index contributed by atoms with van der Waals surface area (Å²) in [6.07, 6.45) is 0.843. The average molecular weight is 291 g/mol. The van der Waals surface area contributed by atoms with Gasteiger partial charge in [-0.3, -0.25) is 0 Å². The summed E-state index contributed by atoms with van der Waals surface area (Å²) in [6.45, 7) is 5.37. The first kappa shape index (κ1) is 13.2. The van der Waals surface area contributed by atoms with Crippen LogP contribution in [0.15, 0.2) is 30.3 Å². The third-order valence-corrected chi connectivity index (χ3v) is 6.07.